The number of esters is 1. The van der Waals surface area contributed by atoms with Crippen molar-refractivity contribution in [3.63, 3.8) is 0 Å². The number of aromatic nitrogens is 1. The summed E-state index contributed by atoms with van der Waals surface area (Å²) in [5, 5.41) is 10.3. The van der Waals surface area contributed by atoms with Crippen LogP contribution in [-0.2, 0) is 20.9 Å². The summed E-state index contributed by atoms with van der Waals surface area (Å²) in [5.74, 6) is -0.326. The standard InChI is InChI=1S/C12H13NO4S/c1-7(14)17-6-8-5-13-12(18-8)11-9(15)3-2-4-10(11)16/h5,15H,2-4,6H2,1H3. The van der Waals surface area contributed by atoms with Crippen LogP contribution in [-0.4, -0.2) is 21.8 Å². The lowest BCUT2D eigenvalue weighted by Gasteiger charge is -2.12. The third kappa shape index (κ3) is 2.76. The molecule has 0 aromatic carbocycles. The smallest absolute Gasteiger partial charge is 0.302 e. The van der Waals surface area contributed by atoms with Gasteiger partial charge in [-0.1, -0.05) is 0 Å². The van der Waals surface area contributed by atoms with Gasteiger partial charge in [-0.15, -0.1) is 11.3 Å². The number of thiazole rings is 1. The minimum absolute atomic E-state index is 0.0767. The fourth-order valence-electron chi connectivity index (χ4n) is 1.73. The average molecular weight is 267 g/mol. The van der Waals surface area contributed by atoms with Gasteiger partial charge in [0, 0.05) is 26.0 Å². The van der Waals surface area contributed by atoms with E-state index in [0.29, 0.717) is 29.8 Å². The molecule has 0 unspecified atom stereocenters. The summed E-state index contributed by atoms with van der Waals surface area (Å²) in [6.07, 6.45) is 3.20. The Morgan fingerprint density at radius 3 is 3.00 bits per heavy atom. The zero-order valence-corrected chi connectivity index (χ0v) is 10.7. The maximum Gasteiger partial charge on any atom is 0.302 e. The molecule has 2 rings (SSSR count). The topological polar surface area (TPSA) is 76.5 Å². The van der Waals surface area contributed by atoms with Crippen molar-refractivity contribution < 1.29 is 19.4 Å². The first kappa shape index (κ1) is 12.8. The fraction of sp³-hybridized carbons (Fsp3) is 0.417. The SMILES string of the molecule is CC(=O)OCc1cnc(C2=C(O)CCCC2=O)s1. The molecule has 0 aliphatic heterocycles. The van der Waals surface area contributed by atoms with Gasteiger partial charge in [0.1, 0.15) is 17.4 Å². The van der Waals surface area contributed by atoms with Gasteiger partial charge in [-0.3, -0.25) is 9.59 Å². The second-order valence-electron chi connectivity index (χ2n) is 4.01. The number of rotatable bonds is 3. The van der Waals surface area contributed by atoms with Crippen LogP contribution >= 0.6 is 11.3 Å². The first-order chi connectivity index (χ1) is 8.58. The van der Waals surface area contributed by atoms with Gasteiger partial charge >= 0.3 is 5.97 Å². The summed E-state index contributed by atoms with van der Waals surface area (Å²) in [6, 6.07) is 0. The lowest BCUT2D eigenvalue weighted by molar-refractivity contribution is -0.142. The van der Waals surface area contributed by atoms with Gasteiger partial charge in [0.25, 0.3) is 0 Å². The molecule has 18 heavy (non-hydrogen) atoms. The van der Waals surface area contributed by atoms with E-state index in [1.165, 1.54) is 18.3 Å². The van der Waals surface area contributed by atoms with Crippen LogP contribution in [0.25, 0.3) is 5.57 Å². The summed E-state index contributed by atoms with van der Waals surface area (Å²) in [6.45, 7) is 1.48. The number of aliphatic hydroxyl groups excluding tert-OH is 1. The van der Waals surface area contributed by atoms with Crippen molar-refractivity contribution in [2.24, 2.45) is 0 Å². The molecule has 0 fully saturated rings. The van der Waals surface area contributed by atoms with Crippen molar-refractivity contribution in [3.8, 4) is 0 Å². The van der Waals surface area contributed by atoms with E-state index in [-0.39, 0.29) is 24.1 Å². The first-order valence-corrected chi connectivity index (χ1v) is 6.43. The molecular formula is C12H13NO4S. The molecule has 6 heteroatoms. The Hall–Kier alpha value is -1.69. The van der Waals surface area contributed by atoms with Crippen LogP contribution in [0.2, 0.25) is 0 Å². The van der Waals surface area contributed by atoms with Crippen LogP contribution in [0, 0.1) is 0 Å². The highest BCUT2D eigenvalue weighted by Crippen LogP contribution is 2.31. The monoisotopic (exact) mass is 267 g/mol. The molecule has 0 amide bonds. The Bertz CT molecular complexity index is 518. The van der Waals surface area contributed by atoms with Crippen LogP contribution < -0.4 is 0 Å². The summed E-state index contributed by atoms with van der Waals surface area (Å²) in [4.78, 5) is 27.3. The lowest BCUT2D eigenvalue weighted by Crippen LogP contribution is -2.10. The van der Waals surface area contributed by atoms with E-state index in [0.717, 1.165) is 4.88 Å². The third-order valence-electron chi connectivity index (χ3n) is 2.57. The number of carbonyl (C=O) groups excluding carboxylic acids is 2. The maximum atomic E-state index is 11.7. The maximum absolute atomic E-state index is 11.7. The van der Waals surface area contributed by atoms with Crippen LogP contribution in [0.5, 0.6) is 0 Å². The van der Waals surface area contributed by atoms with Gasteiger partial charge in [0.15, 0.2) is 5.78 Å². The molecule has 0 radical (unpaired) electrons. The molecule has 0 atom stereocenters. The van der Waals surface area contributed by atoms with E-state index in [1.807, 2.05) is 0 Å². The normalized spacial score (nSPS) is 15.9. The summed E-state index contributed by atoms with van der Waals surface area (Å²) >= 11 is 1.26. The Labute approximate surface area is 108 Å². The van der Waals surface area contributed by atoms with Gasteiger partial charge < -0.3 is 9.84 Å². The highest BCUT2D eigenvalue weighted by Gasteiger charge is 2.24. The van der Waals surface area contributed by atoms with E-state index in [1.54, 1.807) is 6.20 Å². The molecule has 1 aliphatic carbocycles. The van der Waals surface area contributed by atoms with Crippen molar-refractivity contribution >= 4 is 28.7 Å². The highest BCUT2D eigenvalue weighted by molar-refractivity contribution is 7.13. The molecule has 1 aromatic heterocycles. The number of Topliss-reactive ketones (excluding diaryl/α,β-unsaturated/α-hetero) is 1. The summed E-state index contributed by atoms with van der Waals surface area (Å²) in [5.41, 5.74) is 0.320. The number of carbonyl (C=O) groups is 2. The van der Waals surface area contributed by atoms with Gasteiger partial charge in [0.05, 0.1) is 10.5 Å². The number of ketones is 1. The number of ether oxygens (including phenoxy) is 1. The predicted octanol–water partition coefficient (Wildman–Crippen LogP) is 2.23. The molecule has 1 aromatic rings. The second-order valence-corrected chi connectivity index (χ2v) is 5.13. The van der Waals surface area contributed by atoms with E-state index in [9.17, 15) is 14.7 Å². The molecule has 96 valence electrons. The summed E-state index contributed by atoms with van der Waals surface area (Å²) < 4.78 is 4.85. The first-order valence-electron chi connectivity index (χ1n) is 5.61. The van der Waals surface area contributed by atoms with Gasteiger partial charge in [-0.2, -0.15) is 0 Å². The Kier molecular flexibility index (Phi) is 3.76. The van der Waals surface area contributed by atoms with Crippen molar-refractivity contribution in [2.45, 2.75) is 32.8 Å². The summed E-state index contributed by atoms with van der Waals surface area (Å²) in [7, 11) is 0. The number of hydrogen-bond donors (Lipinski definition) is 1. The van der Waals surface area contributed by atoms with E-state index in [2.05, 4.69) is 4.98 Å². The number of allylic oxidation sites excluding steroid dienone is 2. The largest absolute Gasteiger partial charge is 0.511 e. The molecule has 1 aliphatic rings. The van der Waals surface area contributed by atoms with Crippen molar-refractivity contribution in [1.82, 2.24) is 4.98 Å². The van der Waals surface area contributed by atoms with Crippen LogP contribution in [0.4, 0.5) is 0 Å². The fourth-order valence-corrected chi connectivity index (χ4v) is 2.64. The Balaban J connectivity index is 2.19. The average Bonchev–Trinajstić information content (AvgIpc) is 2.75. The van der Waals surface area contributed by atoms with Crippen LogP contribution in [0.1, 0.15) is 36.1 Å². The van der Waals surface area contributed by atoms with Gasteiger partial charge in [-0.25, -0.2) is 4.98 Å². The number of hydrogen-bond acceptors (Lipinski definition) is 6. The predicted molar refractivity (Wildman–Crippen MR) is 66.0 cm³/mol. The van der Waals surface area contributed by atoms with Crippen molar-refractivity contribution in [3.05, 3.63) is 21.8 Å². The van der Waals surface area contributed by atoms with E-state index in [4.69, 9.17) is 4.74 Å². The van der Waals surface area contributed by atoms with Gasteiger partial charge in [-0.05, 0) is 6.42 Å². The minimum atomic E-state index is -0.360. The quantitative estimate of drug-likeness (QED) is 0.850. The molecule has 0 saturated carbocycles. The highest BCUT2D eigenvalue weighted by atomic mass is 32.1. The Morgan fingerprint density at radius 2 is 2.33 bits per heavy atom. The molecule has 0 saturated heterocycles. The third-order valence-corrected chi connectivity index (χ3v) is 3.56. The Morgan fingerprint density at radius 1 is 1.56 bits per heavy atom. The van der Waals surface area contributed by atoms with E-state index < -0.39 is 0 Å². The zero-order valence-electron chi connectivity index (χ0n) is 9.93. The van der Waals surface area contributed by atoms with E-state index >= 15 is 0 Å². The number of aliphatic hydroxyl groups is 1. The molecular weight excluding hydrogens is 254 g/mol. The molecule has 0 bridgehead atoms. The van der Waals surface area contributed by atoms with Crippen molar-refractivity contribution in [2.75, 3.05) is 0 Å². The molecule has 5 nitrogen and oxygen atoms in total. The molecule has 1 N–H and O–H groups in total. The zero-order chi connectivity index (χ0) is 13.1. The minimum Gasteiger partial charge on any atom is -0.511 e. The number of nitrogens with zero attached hydrogens (tertiary/aromatic N) is 1. The molecule has 1 heterocycles. The van der Waals surface area contributed by atoms with Gasteiger partial charge in [0.2, 0.25) is 0 Å². The lowest BCUT2D eigenvalue weighted by atomic mass is 9.97. The van der Waals surface area contributed by atoms with Crippen molar-refractivity contribution in [1.29, 1.82) is 0 Å². The molecule has 0 spiro atoms. The second kappa shape index (κ2) is 5.30. The van der Waals surface area contributed by atoms with Crippen LogP contribution in [0.3, 0.4) is 0 Å². The van der Waals surface area contributed by atoms with Crippen LogP contribution in [0.15, 0.2) is 12.0 Å².